The van der Waals surface area contributed by atoms with Gasteiger partial charge >= 0.3 is 7.12 Å². The molecule has 1 fully saturated rings. The van der Waals surface area contributed by atoms with Gasteiger partial charge in [0.2, 0.25) is 0 Å². The molecule has 0 amide bonds. The summed E-state index contributed by atoms with van der Waals surface area (Å²) in [6.45, 7) is 13.3. The summed E-state index contributed by atoms with van der Waals surface area (Å²) in [4.78, 5) is 0. The monoisotopic (exact) mass is 288 g/mol. The molecule has 1 unspecified atom stereocenters. The Bertz CT molecular complexity index is 491. The van der Waals surface area contributed by atoms with Gasteiger partial charge in [-0.05, 0) is 31.8 Å². The lowest BCUT2D eigenvalue weighted by atomic mass is 9.75. The van der Waals surface area contributed by atoms with Gasteiger partial charge < -0.3 is 9.31 Å². The van der Waals surface area contributed by atoms with E-state index in [4.69, 9.17) is 9.31 Å². The lowest BCUT2D eigenvalue weighted by Crippen LogP contribution is -2.30. The van der Waals surface area contributed by atoms with Crippen molar-refractivity contribution in [2.24, 2.45) is 0 Å². The maximum absolute atomic E-state index is 6.16. The number of rotatable bonds is 3. The summed E-state index contributed by atoms with van der Waals surface area (Å²) in [6.07, 6.45) is 0.0984. The molecule has 4 heteroatoms. The molecule has 2 rings (SSSR count). The molecule has 1 saturated heterocycles. The summed E-state index contributed by atoms with van der Waals surface area (Å²) in [6, 6.07) is 10.4. The van der Waals surface area contributed by atoms with Crippen LogP contribution in [0.15, 0.2) is 36.0 Å². The van der Waals surface area contributed by atoms with E-state index < -0.39 is 8.07 Å². The molecule has 0 aliphatic carbocycles. The fraction of sp³-hybridized carbons (Fsp3) is 0.500. The first-order chi connectivity index (χ1) is 9.19. The Morgan fingerprint density at radius 2 is 1.80 bits per heavy atom. The summed E-state index contributed by atoms with van der Waals surface area (Å²) >= 11 is 0. The lowest BCUT2D eigenvalue weighted by Gasteiger charge is -2.22. The highest BCUT2D eigenvalue weighted by Crippen LogP contribution is 2.34. The van der Waals surface area contributed by atoms with Crippen molar-refractivity contribution in [3.63, 3.8) is 0 Å². The minimum Gasteiger partial charge on any atom is -0.402 e. The molecule has 0 radical (unpaired) electrons. The number of benzene rings is 1. The minimum atomic E-state index is -1.36. The van der Waals surface area contributed by atoms with Crippen LogP contribution in [-0.4, -0.2) is 26.9 Å². The van der Waals surface area contributed by atoms with Crippen LogP contribution >= 0.6 is 0 Å². The predicted octanol–water partition coefficient (Wildman–Crippen LogP) is 4.19. The topological polar surface area (TPSA) is 18.5 Å². The molecular formula is C16H25BO2Si. The molecule has 0 aromatic heterocycles. The molecule has 1 aliphatic rings. The SMILES string of the molecule is CC1OB(/C(=C\[Si](C)(C)C)c2ccccc2)OC1(C)C. The van der Waals surface area contributed by atoms with E-state index in [2.05, 4.69) is 70.4 Å². The van der Waals surface area contributed by atoms with Crippen molar-refractivity contribution in [3.05, 3.63) is 41.6 Å². The van der Waals surface area contributed by atoms with Crippen molar-refractivity contribution in [1.82, 2.24) is 0 Å². The number of hydrogen-bond donors (Lipinski definition) is 0. The van der Waals surface area contributed by atoms with Crippen molar-refractivity contribution < 1.29 is 9.31 Å². The molecule has 0 spiro atoms. The Morgan fingerprint density at radius 3 is 2.25 bits per heavy atom. The molecule has 0 saturated carbocycles. The van der Waals surface area contributed by atoms with Crippen LogP contribution in [0.4, 0.5) is 0 Å². The van der Waals surface area contributed by atoms with Crippen LogP contribution in [0.3, 0.4) is 0 Å². The van der Waals surface area contributed by atoms with E-state index >= 15 is 0 Å². The van der Waals surface area contributed by atoms with E-state index in [1.165, 1.54) is 11.0 Å². The molecular weight excluding hydrogens is 263 g/mol. The quantitative estimate of drug-likeness (QED) is 0.776. The zero-order valence-electron chi connectivity index (χ0n) is 13.4. The molecule has 108 valence electrons. The maximum atomic E-state index is 6.16. The second kappa shape index (κ2) is 5.51. The molecule has 1 aromatic rings. The molecule has 2 nitrogen and oxygen atoms in total. The smallest absolute Gasteiger partial charge is 0.402 e. The average Bonchev–Trinajstić information content (AvgIpc) is 2.61. The minimum absolute atomic E-state index is 0.0984. The Morgan fingerprint density at radius 1 is 1.20 bits per heavy atom. The fourth-order valence-corrected chi connectivity index (χ4v) is 3.51. The average molecular weight is 288 g/mol. The highest BCUT2D eigenvalue weighted by atomic mass is 28.3. The highest BCUT2D eigenvalue weighted by Gasteiger charge is 2.45. The maximum Gasteiger partial charge on any atom is 0.494 e. The largest absolute Gasteiger partial charge is 0.494 e. The third-order valence-electron chi connectivity index (χ3n) is 3.67. The summed E-state index contributed by atoms with van der Waals surface area (Å²) in [5.74, 6) is 0. The zero-order valence-corrected chi connectivity index (χ0v) is 14.4. The zero-order chi connectivity index (χ0) is 15.0. The van der Waals surface area contributed by atoms with Gasteiger partial charge in [-0.15, -0.1) is 0 Å². The van der Waals surface area contributed by atoms with E-state index in [1.54, 1.807) is 0 Å². The van der Waals surface area contributed by atoms with Crippen LogP contribution in [0.25, 0.3) is 5.47 Å². The van der Waals surface area contributed by atoms with Gasteiger partial charge in [-0.1, -0.05) is 55.7 Å². The first-order valence-electron chi connectivity index (χ1n) is 7.30. The normalized spacial score (nSPS) is 23.2. The van der Waals surface area contributed by atoms with E-state index in [1.807, 2.05) is 6.07 Å². The van der Waals surface area contributed by atoms with E-state index in [0.29, 0.717) is 0 Å². The molecule has 1 atom stereocenters. The summed E-state index contributed by atoms with van der Waals surface area (Å²) in [7, 11) is -1.62. The second-order valence-corrected chi connectivity index (χ2v) is 12.2. The third-order valence-corrected chi connectivity index (χ3v) is 4.84. The first kappa shape index (κ1) is 15.5. The molecule has 20 heavy (non-hydrogen) atoms. The van der Waals surface area contributed by atoms with E-state index in [0.717, 1.165) is 0 Å². The van der Waals surface area contributed by atoms with Gasteiger partial charge in [0.05, 0.1) is 19.8 Å². The predicted molar refractivity (Wildman–Crippen MR) is 89.2 cm³/mol. The Labute approximate surface area is 124 Å². The van der Waals surface area contributed by atoms with E-state index in [9.17, 15) is 0 Å². The van der Waals surface area contributed by atoms with Crippen molar-refractivity contribution >= 4 is 20.7 Å². The van der Waals surface area contributed by atoms with Crippen molar-refractivity contribution in [1.29, 1.82) is 0 Å². The Balaban J connectivity index is 2.37. The molecule has 1 heterocycles. The number of hydrogen-bond acceptors (Lipinski definition) is 2. The Kier molecular flexibility index (Phi) is 4.28. The molecule has 1 aromatic carbocycles. The standard InChI is InChI=1S/C16H25BO2Si/c1-13-16(2,3)19-17(18-13)15(12-20(4,5)6)14-10-8-7-9-11-14/h7-13H,1-6H3/b15-12-. The van der Waals surface area contributed by atoms with Gasteiger partial charge in [-0.25, -0.2) is 0 Å². The summed E-state index contributed by atoms with van der Waals surface area (Å²) in [5, 5.41) is 0. The third kappa shape index (κ3) is 3.63. The van der Waals surface area contributed by atoms with Gasteiger partial charge in [0.15, 0.2) is 0 Å². The van der Waals surface area contributed by atoms with Crippen LogP contribution in [-0.2, 0) is 9.31 Å². The van der Waals surface area contributed by atoms with Crippen molar-refractivity contribution in [2.75, 3.05) is 0 Å². The van der Waals surface area contributed by atoms with Crippen LogP contribution in [0.1, 0.15) is 26.3 Å². The van der Waals surface area contributed by atoms with Gasteiger partial charge in [0.25, 0.3) is 0 Å². The molecule has 0 bridgehead atoms. The van der Waals surface area contributed by atoms with Crippen molar-refractivity contribution in [3.8, 4) is 0 Å². The highest BCUT2D eigenvalue weighted by molar-refractivity contribution is 6.85. The summed E-state index contributed by atoms with van der Waals surface area (Å²) < 4.78 is 12.2. The van der Waals surface area contributed by atoms with Crippen LogP contribution < -0.4 is 0 Å². The second-order valence-electron chi connectivity index (χ2n) is 7.16. The van der Waals surface area contributed by atoms with Crippen molar-refractivity contribution in [2.45, 2.75) is 52.1 Å². The van der Waals surface area contributed by atoms with Crippen LogP contribution in [0, 0.1) is 0 Å². The van der Waals surface area contributed by atoms with Gasteiger partial charge in [-0.3, -0.25) is 0 Å². The molecule has 1 aliphatic heterocycles. The lowest BCUT2D eigenvalue weighted by molar-refractivity contribution is 0.0843. The molecule has 0 N–H and O–H groups in total. The van der Waals surface area contributed by atoms with Gasteiger partial charge in [0.1, 0.15) is 0 Å². The van der Waals surface area contributed by atoms with E-state index in [-0.39, 0.29) is 18.8 Å². The van der Waals surface area contributed by atoms with Gasteiger partial charge in [0, 0.05) is 0 Å². The van der Waals surface area contributed by atoms with Crippen LogP contribution in [0.2, 0.25) is 19.6 Å². The van der Waals surface area contributed by atoms with Crippen LogP contribution in [0.5, 0.6) is 0 Å². The van der Waals surface area contributed by atoms with Gasteiger partial charge in [-0.2, -0.15) is 0 Å². The summed E-state index contributed by atoms with van der Waals surface area (Å²) in [5.41, 5.74) is 4.53. The first-order valence-corrected chi connectivity index (χ1v) is 10.9. The fourth-order valence-electron chi connectivity index (χ4n) is 2.27. The Hall–Kier alpha value is -0.838.